The lowest BCUT2D eigenvalue weighted by Gasteiger charge is -2.27. The molecule has 0 saturated carbocycles. The molecule has 0 bridgehead atoms. The lowest BCUT2D eigenvalue weighted by Crippen LogP contribution is -2.47. The number of esters is 1. The van der Waals surface area contributed by atoms with Gasteiger partial charge in [0.05, 0.1) is 33.8 Å². The molecular formula is C62H110N2O7P+. The largest absolute Gasteiger partial charge is 0.472 e. The number of quaternary nitrogens is 1. The number of allylic oxidation sites excluding steroid dienone is 15. The summed E-state index contributed by atoms with van der Waals surface area (Å²) in [7, 11) is 1.46. The van der Waals surface area contributed by atoms with E-state index < -0.39 is 20.0 Å². The van der Waals surface area contributed by atoms with Crippen LogP contribution in [0.2, 0.25) is 0 Å². The average molecular weight is 1030 g/mol. The van der Waals surface area contributed by atoms with E-state index in [9.17, 15) is 19.0 Å². The highest BCUT2D eigenvalue weighted by atomic mass is 31.2. The Morgan fingerprint density at radius 3 is 1.47 bits per heavy atom. The zero-order chi connectivity index (χ0) is 52.9. The van der Waals surface area contributed by atoms with E-state index in [1.54, 1.807) is 0 Å². The van der Waals surface area contributed by atoms with Crippen molar-refractivity contribution in [2.75, 3.05) is 40.9 Å². The smallest absolute Gasteiger partial charge is 0.456 e. The molecule has 3 unspecified atom stereocenters. The van der Waals surface area contributed by atoms with Gasteiger partial charge in [-0.15, -0.1) is 0 Å². The quantitative estimate of drug-likeness (QED) is 0.0156. The standard InChI is InChI=1S/C62H109N2O7P/c1-7-10-13-16-19-22-25-28-29-30-31-32-33-34-35-37-40-43-46-49-52-55-62(66)71-60(53-50-47-44-41-38-27-24-21-18-15-12-9-3)59(58-70-72(67,68)69-57-56-64(4,5)6)63-61(65)54-51-48-45-42-39-36-26-23-20-17-14-11-8-2/h11,14,17,19-20,22-23,26,28-29,31-32,34-35,50,53,59-60H,7-10,12-13,15-16,18,21,24-25,27,30,33,36-49,51-52,54-58H2,1-6H3,(H-,63,65,67,68)/p+1/b14-11+,20-17+,22-19-,26-23-,29-28-,32-31-,35-34-,53-50-. The molecule has 0 aromatic heterocycles. The molecule has 0 saturated heterocycles. The van der Waals surface area contributed by atoms with Crippen molar-refractivity contribution in [3.8, 4) is 0 Å². The summed E-state index contributed by atoms with van der Waals surface area (Å²) in [6.45, 7) is 6.80. The maximum absolute atomic E-state index is 13.5. The van der Waals surface area contributed by atoms with Crippen LogP contribution in [0.5, 0.6) is 0 Å². The van der Waals surface area contributed by atoms with Crippen LogP contribution in [0.3, 0.4) is 0 Å². The number of rotatable bonds is 51. The Morgan fingerprint density at radius 2 is 0.944 bits per heavy atom. The number of nitrogens with one attached hydrogen (secondary N) is 1. The first kappa shape index (κ1) is 68.9. The van der Waals surface area contributed by atoms with Crippen LogP contribution in [0.4, 0.5) is 0 Å². The molecule has 0 aromatic rings. The summed E-state index contributed by atoms with van der Waals surface area (Å²) >= 11 is 0. The minimum absolute atomic E-state index is 0.0278. The number of hydrogen-bond acceptors (Lipinski definition) is 6. The van der Waals surface area contributed by atoms with Crippen molar-refractivity contribution in [1.29, 1.82) is 0 Å². The molecule has 0 fully saturated rings. The summed E-state index contributed by atoms with van der Waals surface area (Å²) in [6.07, 6.45) is 68.3. The maximum atomic E-state index is 13.5. The number of likely N-dealkylation sites (N-methyl/N-ethyl adjacent to an activating group) is 1. The van der Waals surface area contributed by atoms with E-state index in [2.05, 4.69) is 105 Å². The third-order valence-corrected chi connectivity index (χ3v) is 13.3. The minimum Gasteiger partial charge on any atom is -0.456 e. The number of phosphoric ester groups is 1. The maximum Gasteiger partial charge on any atom is 0.472 e. The van der Waals surface area contributed by atoms with E-state index in [1.807, 2.05) is 39.4 Å². The fourth-order valence-electron chi connectivity index (χ4n) is 7.80. The van der Waals surface area contributed by atoms with E-state index >= 15 is 0 Å². The molecule has 0 radical (unpaired) electrons. The average Bonchev–Trinajstić information content (AvgIpc) is 3.34. The first-order valence-electron chi connectivity index (χ1n) is 29.1. The molecule has 9 nitrogen and oxygen atoms in total. The number of nitrogens with zero attached hydrogens (tertiary/aromatic N) is 1. The molecule has 1 amide bonds. The van der Waals surface area contributed by atoms with Crippen molar-refractivity contribution < 1.29 is 37.3 Å². The predicted molar refractivity (Wildman–Crippen MR) is 309 cm³/mol. The molecule has 0 aliphatic heterocycles. The number of unbranched alkanes of at least 4 members (excludes halogenated alkanes) is 23. The molecule has 0 aliphatic carbocycles. The Bertz CT molecular complexity index is 1560. The highest BCUT2D eigenvalue weighted by Gasteiger charge is 2.30. The van der Waals surface area contributed by atoms with Crippen LogP contribution >= 0.6 is 7.82 Å². The molecule has 0 rings (SSSR count). The minimum atomic E-state index is -4.46. The molecule has 2 N–H and O–H groups in total. The highest BCUT2D eigenvalue weighted by molar-refractivity contribution is 7.47. The molecule has 72 heavy (non-hydrogen) atoms. The van der Waals surface area contributed by atoms with Crippen LogP contribution in [0.25, 0.3) is 0 Å². The third kappa shape index (κ3) is 51.8. The number of carbonyl (C=O) groups excluding carboxylic acids is 2. The van der Waals surface area contributed by atoms with E-state index in [1.165, 1.54) is 77.0 Å². The predicted octanol–water partition coefficient (Wildman–Crippen LogP) is 17.6. The number of hydrogen-bond donors (Lipinski definition) is 2. The van der Waals surface area contributed by atoms with Crippen molar-refractivity contribution in [1.82, 2.24) is 5.32 Å². The van der Waals surface area contributed by atoms with Crippen molar-refractivity contribution >= 4 is 19.7 Å². The van der Waals surface area contributed by atoms with E-state index in [0.29, 0.717) is 23.9 Å². The van der Waals surface area contributed by atoms with Gasteiger partial charge >= 0.3 is 13.8 Å². The molecule has 10 heteroatoms. The lowest BCUT2D eigenvalue weighted by molar-refractivity contribution is -0.870. The SMILES string of the molecule is CC/C=C/C=C/C=C\CCCCCCCC(=O)NC(COP(=O)(O)OCC[N+](C)(C)C)C(/C=C\CCCCCCCCCCCC)OC(=O)CCCCCCC/C=C\C/C=C\C/C=C\C/C=C\CCCCC. The summed E-state index contributed by atoms with van der Waals surface area (Å²) in [6, 6.07) is -0.871. The Hall–Kier alpha value is -3.07. The Balaban J connectivity index is 5.36. The number of carbonyl (C=O) groups is 2. The fraction of sp³-hybridized carbons (Fsp3) is 0.710. The number of ether oxygens (including phenoxy) is 1. The summed E-state index contributed by atoms with van der Waals surface area (Å²) in [5.41, 5.74) is 0. The third-order valence-electron chi connectivity index (χ3n) is 12.3. The van der Waals surface area contributed by atoms with E-state index in [0.717, 1.165) is 116 Å². The van der Waals surface area contributed by atoms with Crippen molar-refractivity contribution in [2.45, 2.75) is 245 Å². The molecule has 0 spiro atoms. The Morgan fingerprint density at radius 1 is 0.514 bits per heavy atom. The van der Waals surface area contributed by atoms with Gasteiger partial charge in [0.25, 0.3) is 0 Å². The second kappa shape index (κ2) is 51.4. The van der Waals surface area contributed by atoms with Crippen LogP contribution in [-0.2, 0) is 27.9 Å². The van der Waals surface area contributed by atoms with Crippen molar-refractivity contribution in [3.63, 3.8) is 0 Å². The molecule has 0 aromatic carbocycles. The van der Waals surface area contributed by atoms with Crippen LogP contribution in [0.1, 0.15) is 233 Å². The molecule has 0 heterocycles. The summed E-state index contributed by atoms with van der Waals surface area (Å²) in [5, 5.41) is 3.03. The first-order chi connectivity index (χ1) is 34.9. The Labute approximate surface area is 443 Å². The van der Waals surface area contributed by atoms with Gasteiger partial charge in [0.1, 0.15) is 19.3 Å². The summed E-state index contributed by atoms with van der Waals surface area (Å²) in [5.74, 6) is -0.557. The molecule has 0 aliphatic rings. The van der Waals surface area contributed by atoms with E-state index in [-0.39, 0.29) is 31.5 Å². The van der Waals surface area contributed by atoms with Crippen molar-refractivity contribution in [2.24, 2.45) is 0 Å². The molecule has 414 valence electrons. The van der Waals surface area contributed by atoms with Crippen LogP contribution < -0.4 is 5.32 Å². The van der Waals surface area contributed by atoms with Gasteiger partial charge in [-0.05, 0) is 96.0 Å². The lowest BCUT2D eigenvalue weighted by atomic mass is 10.0. The van der Waals surface area contributed by atoms with E-state index in [4.69, 9.17) is 13.8 Å². The second-order valence-corrected chi connectivity index (χ2v) is 21.9. The monoisotopic (exact) mass is 1030 g/mol. The van der Waals surface area contributed by atoms with Gasteiger partial charge in [-0.1, -0.05) is 221 Å². The van der Waals surface area contributed by atoms with Crippen molar-refractivity contribution in [3.05, 3.63) is 97.2 Å². The first-order valence-corrected chi connectivity index (χ1v) is 30.6. The highest BCUT2D eigenvalue weighted by Crippen LogP contribution is 2.43. The number of phosphoric acid groups is 1. The van der Waals surface area contributed by atoms with Crippen LogP contribution in [-0.4, -0.2) is 74.3 Å². The van der Waals surface area contributed by atoms with Gasteiger partial charge < -0.3 is 19.4 Å². The summed E-state index contributed by atoms with van der Waals surface area (Å²) < 4.78 is 30.6. The van der Waals surface area contributed by atoms with Gasteiger partial charge in [0.2, 0.25) is 5.91 Å². The normalized spacial score (nSPS) is 14.5. The van der Waals surface area contributed by atoms with Gasteiger partial charge in [-0.2, -0.15) is 0 Å². The topological polar surface area (TPSA) is 111 Å². The van der Waals surface area contributed by atoms with Gasteiger partial charge in [0.15, 0.2) is 0 Å². The zero-order valence-electron chi connectivity index (χ0n) is 47.1. The summed E-state index contributed by atoms with van der Waals surface area (Å²) in [4.78, 5) is 37.6. The second-order valence-electron chi connectivity index (χ2n) is 20.5. The zero-order valence-corrected chi connectivity index (χ0v) is 48.0. The van der Waals surface area contributed by atoms with Gasteiger partial charge in [0, 0.05) is 12.8 Å². The van der Waals surface area contributed by atoms with Crippen LogP contribution in [0, 0.1) is 0 Å². The Kier molecular flexibility index (Phi) is 49.2. The molecule has 3 atom stereocenters. The fourth-order valence-corrected chi connectivity index (χ4v) is 8.54. The van der Waals surface area contributed by atoms with Gasteiger partial charge in [-0.25, -0.2) is 4.57 Å². The van der Waals surface area contributed by atoms with Crippen LogP contribution in [0.15, 0.2) is 97.2 Å². The van der Waals surface area contributed by atoms with Gasteiger partial charge in [-0.3, -0.25) is 18.6 Å². The number of amides is 1. The molecular weight excluding hydrogens is 916 g/mol.